The Kier molecular flexibility index (Phi) is 3.02. The summed E-state index contributed by atoms with van der Waals surface area (Å²) in [6, 6.07) is 3.23. The van der Waals surface area contributed by atoms with E-state index in [-0.39, 0.29) is 5.15 Å². The minimum atomic E-state index is -0.839. The summed E-state index contributed by atoms with van der Waals surface area (Å²) in [5.74, 6) is -0.455. The third kappa shape index (κ3) is 1.99. The average Bonchev–Trinajstić information content (AvgIpc) is 2.02. The van der Waals surface area contributed by atoms with E-state index in [1.54, 1.807) is 26.0 Å². The van der Waals surface area contributed by atoms with Crippen LogP contribution in [0.1, 0.15) is 19.4 Å². The average molecular weight is 233 g/mol. The second-order valence-electron chi connectivity index (χ2n) is 3.46. The molecule has 0 unspecified atom stereocenters. The summed E-state index contributed by atoms with van der Waals surface area (Å²) in [5, 5.41) is 0.500. The van der Waals surface area contributed by atoms with Gasteiger partial charge in [-0.15, -0.1) is 0 Å². The molecular formula is C9H10Cl2N2O. The number of rotatable bonds is 2. The minimum absolute atomic E-state index is 0.210. The number of primary amides is 1. The Hall–Kier alpha value is -0.800. The van der Waals surface area contributed by atoms with Crippen LogP contribution in [-0.4, -0.2) is 10.9 Å². The Balaban J connectivity index is 3.26. The minimum Gasteiger partial charge on any atom is -0.369 e. The summed E-state index contributed by atoms with van der Waals surface area (Å²) >= 11 is 11.5. The quantitative estimate of drug-likeness (QED) is 0.795. The van der Waals surface area contributed by atoms with E-state index < -0.39 is 11.3 Å². The first-order chi connectivity index (χ1) is 6.35. The van der Waals surface area contributed by atoms with E-state index >= 15 is 0 Å². The van der Waals surface area contributed by atoms with Crippen LogP contribution in [0.25, 0.3) is 0 Å². The van der Waals surface area contributed by atoms with E-state index in [2.05, 4.69) is 4.98 Å². The van der Waals surface area contributed by atoms with Crippen LogP contribution in [0.5, 0.6) is 0 Å². The van der Waals surface area contributed by atoms with Gasteiger partial charge in [0.25, 0.3) is 0 Å². The first kappa shape index (κ1) is 11.3. The molecule has 3 nitrogen and oxygen atoms in total. The van der Waals surface area contributed by atoms with Crippen molar-refractivity contribution in [2.24, 2.45) is 5.73 Å². The molecule has 1 heterocycles. The Morgan fingerprint density at radius 2 is 2.00 bits per heavy atom. The van der Waals surface area contributed by atoms with Gasteiger partial charge in [-0.1, -0.05) is 29.3 Å². The Bertz CT molecular complexity index is 377. The van der Waals surface area contributed by atoms with E-state index in [0.717, 1.165) is 0 Å². The molecule has 0 aliphatic carbocycles. The summed E-state index contributed by atoms with van der Waals surface area (Å²) in [4.78, 5) is 15.0. The van der Waals surface area contributed by atoms with Crippen molar-refractivity contribution in [3.05, 3.63) is 28.0 Å². The van der Waals surface area contributed by atoms with Crippen LogP contribution in [0.2, 0.25) is 10.3 Å². The molecule has 1 amide bonds. The Labute approximate surface area is 92.2 Å². The molecule has 0 saturated heterocycles. The fourth-order valence-corrected chi connectivity index (χ4v) is 1.59. The molecule has 0 atom stereocenters. The normalized spacial score (nSPS) is 11.4. The molecule has 0 bridgehead atoms. The molecule has 2 N–H and O–H groups in total. The van der Waals surface area contributed by atoms with Crippen LogP contribution in [0.15, 0.2) is 12.1 Å². The maximum atomic E-state index is 11.2. The number of nitrogens with two attached hydrogens (primary N) is 1. The topological polar surface area (TPSA) is 56.0 Å². The highest BCUT2D eigenvalue weighted by Crippen LogP contribution is 2.29. The van der Waals surface area contributed by atoms with Crippen molar-refractivity contribution in [3.63, 3.8) is 0 Å². The van der Waals surface area contributed by atoms with Crippen LogP contribution < -0.4 is 5.73 Å². The van der Waals surface area contributed by atoms with Crippen molar-refractivity contribution in [2.75, 3.05) is 0 Å². The van der Waals surface area contributed by atoms with Gasteiger partial charge in [0, 0.05) is 5.56 Å². The molecule has 76 valence electrons. The lowest BCUT2D eigenvalue weighted by atomic mass is 9.85. The van der Waals surface area contributed by atoms with E-state index in [1.165, 1.54) is 0 Å². The predicted octanol–water partition coefficient (Wildman–Crippen LogP) is 2.15. The smallest absolute Gasteiger partial charge is 0.227 e. The lowest BCUT2D eigenvalue weighted by Gasteiger charge is -2.21. The zero-order chi connectivity index (χ0) is 10.9. The van der Waals surface area contributed by atoms with Crippen LogP contribution >= 0.6 is 23.2 Å². The first-order valence-electron chi connectivity index (χ1n) is 3.98. The second-order valence-corrected chi connectivity index (χ2v) is 4.21. The summed E-state index contributed by atoms with van der Waals surface area (Å²) in [6.07, 6.45) is 0. The third-order valence-electron chi connectivity index (χ3n) is 2.10. The van der Waals surface area contributed by atoms with Crippen molar-refractivity contribution >= 4 is 29.1 Å². The van der Waals surface area contributed by atoms with Crippen LogP contribution in [0.4, 0.5) is 0 Å². The highest BCUT2D eigenvalue weighted by molar-refractivity contribution is 6.33. The largest absolute Gasteiger partial charge is 0.369 e. The molecule has 0 aromatic carbocycles. The highest BCUT2D eigenvalue weighted by atomic mass is 35.5. The Morgan fingerprint density at radius 3 is 2.43 bits per heavy atom. The van der Waals surface area contributed by atoms with Gasteiger partial charge in [0.15, 0.2) is 0 Å². The van der Waals surface area contributed by atoms with Crippen molar-refractivity contribution in [1.29, 1.82) is 0 Å². The monoisotopic (exact) mass is 232 g/mol. The number of aromatic nitrogens is 1. The molecule has 1 rings (SSSR count). The zero-order valence-corrected chi connectivity index (χ0v) is 9.36. The molecule has 0 aliphatic heterocycles. The number of carbonyl (C=O) groups excluding carboxylic acids is 1. The molecule has 0 aliphatic rings. The zero-order valence-electron chi connectivity index (χ0n) is 7.84. The molecule has 0 radical (unpaired) electrons. The highest BCUT2D eigenvalue weighted by Gasteiger charge is 2.30. The fourth-order valence-electron chi connectivity index (χ4n) is 1.01. The molecular weight excluding hydrogens is 223 g/mol. The molecule has 0 fully saturated rings. The summed E-state index contributed by atoms with van der Waals surface area (Å²) in [5.41, 5.74) is 4.99. The van der Waals surface area contributed by atoms with E-state index in [9.17, 15) is 4.79 Å². The molecule has 1 aromatic rings. The van der Waals surface area contributed by atoms with Crippen molar-refractivity contribution in [3.8, 4) is 0 Å². The molecule has 1 aromatic heterocycles. The number of nitrogens with zero attached hydrogens (tertiary/aromatic N) is 1. The number of amides is 1. The predicted molar refractivity (Wildman–Crippen MR) is 56.5 cm³/mol. The van der Waals surface area contributed by atoms with E-state index in [1.807, 2.05) is 0 Å². The van der Waals surface area contributed by atoms with Gasteiger partial charge in [-0.25, -0.2) is 4.98 Å². The lowest BCUT2D eigenvalue weighted by Crippen LogP contribution is -2.35. The van der Waals surface area contributed by atoms with Gasteiger partial charge in [0.2, 0.25) is 5.91 Å². The van der Waals surface area contributed by atoms with Gasteiger partial charge >= 0.3 is 0 Å². The molecule has 14 heavy (non-hydrogen) atoms. The first-order valence-corrected chi connectivity index (χ1v) is 4.73. The molecule has 5 heteroatoms. The van der Waals surface area contributed by atoms with Gasteiger partial charge in [-0.05, 0) is 19.9 Å². The van der Waals surface area contributed by atoms with Gasteiger partial charge in [-0.2, -0.15) is 0 Å². The standard InChI is InChI=1S/C9H10Cl2N2O/c1-9(2,8(12)14)5-3-4-6(10)13-7(5)11/h3-4H,1-2H3,(H2,12,14). The van der Waals surface area contributed by atoms with Crippen molar-refractivity contribution in [1.82, 2.24) is 4.98 Å². The van der Waals surface area contributed by atoms with Gasteiger partial charge < -0.3 is 5.73 Å². The summed E-state index contributed by atoms with van der Waals surface area (Å²) < 4.78 is 0. The maximum absolute atomic E-state index is 11.2. The Morgan fingerprint density at radius 1 is 1.43 bits per heavy atom. The van der Waals surface area contributed by atoms with Crippen molar-refractivity contribution in [2.45, 2.75) is 19.3 Å². The molecule has 0 saturated carbocycles. The summed E-state index contributed by atoms with van der Waals surface area (Å²) in [6.45, 7) is 3.37. The van der Waals surface area contributed by atoms with Crippen LogP contribution in [0, 0.1) is 0 Å². The SMILES string of the molecule is CC(C)(C(N)=O)c1ccc(Cl)nc1Cl. The number of pyridine rings is 1. The van der Waals surface area contributed by atoms with Crippen LogP contribution in [-0.2, 0) is 10.2 Å². The number of halogens is 2. The number of hydrogen-bond acceptors (Lipinski definition) is 2. The van der Waals surface area contributed by atoms with E-state index in [0.29, 0.717) is 10.7 Å². The maximum Gasteiger partial charge on any atom is 0.227 e. The number of carbonyl (C=O) groups is 1. The van der Waals surface area contributed by atoms with Gasteiger partial charge in [-0.3, -0.25) is 4.79 Å². The van der Waals surface area contributed by atoms with Crippen molar-refractivity contribution < 1.29 is 4.79 Å². The van der Waals surface area contributed by atoms with Gasteiger partial charge in [0.1, 0.15) is 10.3 Å². The van der Waals surface area contributed by atoms with Crippen LogP contribution in [0.3, 0.4) is 0 Å². The fraction of sp³-hybridized carbons (Fsp3) is 0.333. The van der Waals surface area contributed by atoms with E-state index in [4.69, 9.17) is 28.9 Å². The summed E-state index contributed by atoms with van der Waals surface area (Å²) in [7, 11) is 0. The van der Waals surface area contributed by atoms with Gasteiger partial charge in [0.05, 0.1) is 5.41 Å². The lowest BCUT2D eigenvalue weighted by molar-refractivity contribution is -0.122. The number of hydrogen-bond donors (Lipinski definition) is 1. The second kappa shape index (κ2) is 3.75. The third-order valence-corrected chi connectivity index (χ3v) is 2.60. The molecule has 0 spiro atoms.